The molecule has 3 heterocycles. The van der Waals surface area contributed by atoms with Crippen molar-refractivity contribution in [3.05, 3.63) is 46.5 Å². The van der Waals surface area contributed by atoms with Crippen LogP contribution in [-0.4, -0.2) is 45.6 Å². The predicted octanol–water partition coefficient (Wildman–Crippen LogP) is 1.37. The number of nitrogens with zero attached hydrogens (tertiary/aromatic N) is 3. The van der Waals surface area contributed by atoms with Crippen LogP contribution < -0.4 is 5.32 Å². The molecule has 0 saturated carbocycles. The van der Waals surface area contributed by atoms with Gasteiger partial charge >= 0.3 is 0 Å². The quantitative estimate of drug-likeness (QED) is 0.760. The van der Waals surface area contributed by atoms with Gasteiger partial charge in [-0.2, -0.15) is 5.10 Å². The Balaban J connectivity index is 1.83. The van der Waals surface area contributed by atoms with E-state index < -0.39 is 0 Å². The zero-order valence-corrected chi connectivity index (χ0v) is 15.9. The minimum Gasteiger partial charge on any atom is -0.390 e. The van der Waals surface area contributed by atoms with Crippen molar-refractivity contribution in [3.63, 3.8) is 0 Å². The summed E-state index contributed by atoms with van der Waals surface area (Å²) in [5.41, 5.74) is 3.57. The first kappa shape index (κ1) is 19.5. The number of ether oxygens (including phenoxy) is 2. The second-order valence-corrected chi connectivity index (χ2v) is 6.68. The Labute approximate surface area is 158 Å². The van der Waals surface area contributed by atoms with Crippen LogP contribution in [0.1, 0.15) is 53.1 Å². The van der Waals surface area contributed by atoms with E-state index in [0.717, 1.165) is 11.3 Å². The molecular formula is C19H26N4O4. The smallest absolute Gasteiger partial charge is 0.270 e. The number of hydrogen-bond acceptors (Lipinski definition) is 6. The molecule has 8 nitrogen and oxygen atoms in total. The number of methoxy groups -OCH3 is 1. The van der Waals surface area contributed by atoms with E-state index in [4.69, 9.17) is 9.47 Å². The van der Waals surface area contributed by atoms with Gasteiger partial charge in [-0.25, -0.2) is 0 Å². The molecule has 27 heavy (non-hydrogen) atoms. The molecule has 0 radical (unpaired) electrons. The van der Waals surface area contributed by atoms with E-state index >= 15 is 0 Å². The van der Waals surface area contributed by atoms with Crippen molar-refractivity contribution in [1.29, 1.82) is 0 Å². The number of aliphatic hydroxyl groups is 1. The molecule has 146 valence electrons. The molecule has 0 fully saturated rings. The number of aliphatic hydroxyl groups excluding tert-OH is 1. The third-order valence-corrected chi connectivity index (χ3v) is 4.57. The molecule has 0 aromatic carbocycles. The molecule has 1 aliphatic heterocycles. The van der Waals surface area contributed by atoms with Gasteiger partial charge in [0.05, 0.1) is 55.6 Å². The van der Waals surface area contributed by atoms with Crippen LogP contribution in [0.15, 0.2) is 18.2 Å². The lowest BCUT2D eigenvalue weighted by Gasteiger charge is -2.24. The second-order valence-electron chi connectivity index (χ2n) is 6.68. The summed E-state index contributed by atoms with van der Waals surface area (Å²) in [5.74, 6) is -0.197. The van der Waals surface area contributed by atoms with Gasteiger partial charge in [0.15, 0.2) is 0 Å². The van der Waals surface area contributed by atoms with E-state index in [0.29, 0.717) is 36.7 Å². The average Bonchev–Trinajstić information content (AvgIpc) is 3.03. The Morgan fingerprint density at radius 2 is 2.19 bits per heavy atom. The highest BCUT2D eigenvalue weighted by Crippen LogP contribution is 2.31. The minimum atomic E-state index is -0.197. The lowest BCUT2D eigenvalue weighted by Crippen LogP contribution is -2.29. The summed E-state index contributed by atoms with van der Waals surface area (Å²) in [4.78, 5) is 17.3. The molecule has 0 spiro atoms. The van der Waals surface area contributed by atoms with Gasteiger partial charge in [-0.15, -0.1) is 0 Å². The summed E-state index contributed by atoms with van der Waals surface area (Å²) >= 11 is 0. The van der Waals surface area contributed by atoms with E-state index in [1.54, 1.807) is 17.9 Å². The molecule has 2 aromatic heterocycles. The summed E-state index contributed by atoms with van der Waals surface area (Å²) in [6.07, 6.45) is 0.525. The van der Waals surface area contributed by atoms with Crippen LogP contribution in [0.25, 0.3) is 0 Å². The Bertz CT molecular complexity index is 805. The number of carbonyl (C=O) groups excluding carboxylic acids is 1. The maximum Gasteiger partial charge on any atom is 0.270 e. The zero-order valence-electron chi connectivity index (χ0n) is 15.9. The number of pyridine rings is 1. The molecule has 0 unspecified atom stereocenters. The van der Waals surface area contributed by atoms with E-state index in [1.807, 2.05) is 26.0 Å². The van der Waals surface area contributed by atoms with E-state index in [9.17, 15) is 9.90 Å². The Morgan fingerprint density at radius 1 is 1.41 bits per heavy atom. The third-order valence-electron chi connectivity index (χ3n) is 4.57. The molecule has 0 bridgehead atoms. The number of amides is 1. The van der Waals surface area contributed by atoms with Gasteiger partial charge in [0, 0.05) is 19.1 Å². The fourth-order valence-electron chi connectivity index (χ4n) is 3.36. The number of fused-ring (bicyclic) bond motifs is 1. The molecule has 0 saturated heterocycles. The first-order chi connectivity index (χ1) is 13.0. The standard InChI is InChI=1S/C19H26N4O4/c1-12-9-16-17(13(2)27-12)22-23(7-8-26-3)18(16)19(25)20-10-14-5-4-6-15(11-24)21-14/h4-6,12-13,24H,7-11H2,1-3H3,(H,20,25)/t12-,13+/m0/s1. The maximum absolute atomic E-state index is 13.0. The highest BCUT2D eigenvalue weighted by atomic mass is 16.5. The van der Waals surface area contributed by atoms with Crippen molar-refractivity contribution in [2.45, 2.75) is 52.2 Å². The van der Waals surface area contributed by atoms with Crippen LogP contribution in [-0.2, 0) is 35.6 Å². The van der Waals surface area contributed by atoms with Crippen LogP contribution in [0.3, 0.4) is 0 Å². The van der Waals surface area contributed by atoms with Crippen LogP contribution in [0.2, 0.25) is 0 Å². The molecule has 8 heteroatoms. The fraction of sp³-hybridized carbons (Fsp3) is 0.526. The summed E-state index contributed by atoms with van der Waals surface area (Å²) in [6.45, 7) is 5.05. The van der Waals surface area contributed by atoms with Crippen LogP contribution in [0.5, 0.6) is 0 Å². The minimum absolute atomic E-state index is 0.0297. The average molecular weight is 374 g/mol. The van der Waals surface area contributed by atoms with Gasteiger partial charge in [-0.1, -0.05) is 6.07 Å². The SMILES string of the molecule is COCCn1nc2c(c1C(=O)NCc1cccc(CO)n1)C[C@H](C)O[C@@H]2C. The summed E-state index contributed by atoms with van der Waals surface area (Å²) in [5, 5.41) is 16.7. The number of aromatic nitrogens is 3. The summed E-state index contributed by atoms with van der Waals surface area (Å²) in [7, 11) is 1.62. The number of nitrogens with one attached hydrogen (secondary N) is 1. The lowest BCUT2D eigenvalue weighted by atomic mass is 9.99. The van der Waals surface area contributed by atoms with Gasteiger partial charge < -0.3 is 19.9 Å². The van der Waals surface area contributed by atoms with Gasteiger partial charge in [0.2, 0.25) is 0 Å². The summed E-state index contributed by atoms with van der Waals surface area (Å²) < 4.78 is 12.7. The number of hydrogen-bond donors (Lipinski definition) is 2. The van der Waals surface area contributed by atoms with E-state index in [1.165, 1.54) is 0 Å². The van der Waals surface area contributed by atoms with Gasteiger partial charge in [0.25, 0.3) is 5.91 Å². The Kier molecular flexibility index (Phi) is 6.20. The Morgan fingerprint density at radius 3 is 2.93 bits per heavy atom. The van der Waals surface area contributed by atoms with Crippen molar-refractivity contribution in [1.82, 2.24) is 20.1 Å². The maximum atomic E-state index is 13.0. The van der Waals surface area contributed by atoms with Gasteiger partial charge in [-0.3, -0.25) is 14.5 Å². The number of carbonyl (C=O) groups is 1. The van der Waals surface area contributed by atoms with Crippen LogP contribution in [0, 0.1) is 0 Å². The molecule has 1 aliphatic rings. The van der Waals surface area contributed by atoms with Gasteiger partial charge in [-0.05, 0) is 26.0 Å². The lowest BCUT2D eigenvalue weighted by molar-refractivity contribution is -0.00716. The highest BCUT2D eigenvalue weighted by molar-refractivity contribution is 5.94. The highest BCUT2D eigenvalue weighted by Gasteiger charge is 2.32. The summed E-state index contributed by atoms with van der Waals surface area (Å²) in [6, 6.07) is 5.37. The molecule has 0 aliphatic carbocycles. The fourth-order valence-corrected chi connectivity index (χ4v) is 3.36. The molecule has 2 aromatic rings. The van der Waals surface area contributed by atoms with E-state index in [2.05, 4.69) is 15.4 Å². The molecule has 1 amide bonds. The predicted molar refractivity (Wildman–Crippen MR) is 98.1 cm³/mol. The molecular weight excluding hydrogens is 348 g/mol. The third kappa shape index (κ3) is 4.35. The van der Waals surface area contributed by atoms with Crippen molar-refractivity contribution in [2.24, 2.45) is 0 Å². The van der Waals surface area contributed by atoms with Crippen molar-refractivity contribution < 1.29 is 19.4 Å². The van der Waals surface area contributed by atoms with Gasteiger partial charge in [0.1, 0.15) is 5.69 Å². The Hall–Kier alpha value is -2.29. The van der Waals surface area contributed by atoms with Crippen molar-refractivity contribution in [3.8, 4) is 0 Å². The molecule has 3 rings (SSSR count). The molecule has 2 atom stereocenters. The monoisotopic (exact) mass is 374 g/mol. The van der Waals surface area contributed by atoms with Crippen molar-refractivity contribution in [2.75, 3.05) is 13.7 Å². The van der Waals surface area contributed by atoms with Crippen LogP contribution >= 0.6 is 0 Å². The van der Waals surface area contributed by atoms with Crippen molar-refractivity contribution >= 4 is 5.91 Å². The largest absolute Gasteiger partial charge is 0.390 e. The first-order valence-electron chi connectivity index (χ1n) is 9.11. The number of rotatable bonds is 7. The first-order valence-corrected chi connectivity index (χ1v) is 9.11. The van der Waals surface area contributed by atoms with Crippen LogP contribution in [0.4, 0.5) is 0 Å². The topological polar surface area (TPSA) is 98.5 Å². The normalized spacial score (nSPS) is 19.0. The molecule has 2 N–H and O–H groups in total. The zero-order chi connectivity index (χ0) is 19.4. The second kappa shape index (κ2) is 8.60. The van der Waals surface area contributed by atoms with E-state index in [-0.39, 0.29) is 31.3 Å².